The average Bonchev–Trinajstić information content (AvgIpc) is 3.32. The molecule has 1 aliphatic heterocycles. The first-order chi connectivity index (χ1) is 13.5. The van der Waals surface area contributed by atoms with E-state index in [4.69, 9.17) is 0 Å². The first-order valence-electron chi connectivity index (χ1n) is 9.50. The smallest absolute Gasteiger partial charge is 0.205 e. The third-order valence-corrected chi connectivity index (χ3v) is 4.85. The van der Waals surface area contributed by atoms with E-state index in [1.54, 1.807) is 0 Å². The molecular formula is C20H25N7O. The molecule has 0 radical (unpaired) electrons. The van der Waals surface area contributed by atoms with Gasteiger partial charge in [0.25, 0.3) is 0 Å². The molecule has 1 fully saturated rings. The lowest BCUT2D eigenvalue weighted by molar-refractivity contribution is -0.887. The number of hydrogen-bond donors (Lipinski definition) is 2. The maximum Gasteiger partial charge on any atom is 0.205 e. The summed E-state index contributed by atoms with van der Waals surface area (Å²) in [5, 5.41) is 29.4. The molecule has 4 rings (SSSR count). The topological polar surface area (TPSA) is 92.8 Å². The number of H-pyrrole nitrogens is 1. The standard InChI is InChI=1S/C20H25N7O/c1-15(2)11-26-14-27(28,13-21-26)12-16-7-9-17(10-8-16)18-5-3-4-6-19(18)20-22-24-25-23-20/h3-10,15,21H,11-14H2,1-2H3,(H,22,23,24,25). The van der Waals surface area contributed by atoms with Gasteiger partial charge in [-0.05, 0) is 22.3 Å². The van der Waals surface area contributed by atoms with Crippen molar-refractivity contribution in [2.45, 2.75) is 20.4 Å². The van der Waals surface area contributed by atoms with Crippen LogP contribution in [-0.4, -0.2) is 50.2 Å². The van der Waals surface area contributed by atoms with Crippen molar-refractivity contribution in [2.75, 3.05) is 19.9 Å². The van der Waals surface area contributed by atoms with Crippen LogP contribution < -0.4 is 5.43 Å². The summed E-state index contributed by atoms with van der Waals surface area (Å²) < 4.78 is -0.272. The number of aromatic amines is 1. The molecule has 1 aliphatic rings. The van der Waals surface area contributed by atoms with E-state index in [-0.39, 0.29) is 4.65 Å². The molecular weight excluding hydrogens is 354 g/mol. The van der Waals surface area contributed by atoms with Crippen molar-refractivity contribution in [3.05, 3.63) is 59.3 Å². The van der Waals surface area contributed by atoms with Crippen molar-refractivity contribution in [3.63, 3.8) is 0 Å². The minimum atomic E-state index is -0.272. The van der Waals surface area contributed by atoms with Gasteiger partial charge in [-0.3, -0.25) is 0 Å². The summed E-state index contributed by atoms with van der Waals surface area (Å²) in [5.41, 5.74) is 7.27. The van der Waals surface area contributed by atoms with Gasteiger partial charge >= 0.3 is 0 Å². The zero-order valence-electron chi connectivity index (χ0n) is 16.2. The van der Waals surface area contributed by atoms with Crippen LogP contribution >= 0.6 is 0 Å². The van der Waals surface area contributed by atoms with Crippen LogP contribution in [0, 0.1) is 11.1 Å². The average molecular weight is 379 g/mol. The summed E-state index contributed by atoms with van der Waals surface area (Å²) in [4.78, 5) is 0. The molecule has 1 saturated heterocycles. The zero-order valence-corrected chi connectivity index (χ0v) is 16.2. The Labute approximate surface area is 164 Å². The number of hydroxylamine groups is 3. The monoisotopic (exact) mass is 379 g/mol. The van der Waals surface area contributed by atoms with E-state index in [0.717, 1.165) is 28.8 Å². The first kappa shape index (κ1) is 18.7. The zero-order chi connectivity index (χ0) is 19.6. The Balaban J connectivity index is 1.50. The van der Waals surface area contributed by atoms with Crippen LogP contribution in [-0.2, 0) is 6.54 Å². The van der Waals surface area contributed by atoms with E-state index in [0.29, 0.717) is 31.6 Å². The number of rotatable bonds is 6. The number of quaternary nitrogens is 1. The van der Waals surface area contributed by atoms with Crippen molar-refractivity contribution in [1.29, 1.82) is 0 Å². The number of hydrazine groups is 1. The van der Waals surface area contributed by atoms with Gasteiger partial charge in [-0.1, -0.05) is 62.4 Å². The van der Waals surface area contributed by atoms with Crippen molar-refractivity contribution in [1.82, 2.24) is 31.1 Å². The lowest BCUT2D eigenvalue weighted by atomic mass is 9.98. The predicted octanol–water partition coefficient (Wildman–Crippen LogP) is 2.74. The third kappa shape index (κ3) is 4.10. The Morgan fingerprint density at radius 3 is 2.54 bits per heavy atom. The molecule has 2 heterocycles. The number of benzene rings is 2. The second-order valence-corrected chi connectivity index (χ2v) is 7.77. The van der Waals surface area contributed by atoms with Crippen LogP contribution in [0.4, 0.5) is 0 Å². The molecule has 0 amide bonds. The van der Waals surface area contributed by atoms with Crippen molar-refractivity contribution < 1.29 is 4.65 Å². The number of hydrogen-bond acceptors (Lipinski definition) is 6. The molecule has 2 aromatic carbocycles. The fourth-order valence-electron chi connectivity index (χ4n) is 3.64. The Morgan fingerprint density at radius 1 is 1.11 bits per heavy atom. The van der Waals surface area contributed by atoms with Gasteiger partial charge in [0, 0.05) is 17.7 Å². The van der Waals surface area contributed by atoms with Crippen LogP contribution in [0.25, 0.3) is 22.5 Å². The molecule has 8 heteroatoms. The van der Waals surface area contributed by atoms with Crippen molar-refractivity contribution in [3.8, 4) is 22.5 Å². The van der Waals surface area contributed by atoms with Crippen LogP contribution in [0.1, 0.15) is 19.4 Å². The van der Waals surface area contributed by atoms with E-state index in [1.807, 2.05) is 41.4 Å². The summed E-state index contributed by atoms with van der Waals surface area (Å²) in [5.74, 6) is 1.09. The van der Waals surface area contributed by atoms with E-state index in [2.05, 4.69) is 52.0 Å². The minimum absolute atomic E-state index is 0.272. The molecule has 0 aliphatic carbocycles. The Morgan fingerprint density at radius 2 is 1.86 bits per heavy atom. The van der Waals surface area contributed by atoms with E-state index in [1.165, 1.54) is 0 Å². The van der Waals surface area contributed by atoms with Crippen LogP contribution in [0.3, 0.4) is 0 Å². The Kier molecular flexibility index (Phi) is 5.19. The van der Waals surface area contributed by atoms with Gasteiger partial charge < -0.3 is 9.85 Å². The highest BCUT2D eigenvalue weighted by molar-refractivity contribution is 5.80. The SMILES string of the molecule is CC(C)CN1C[N+]([O-])(Cc2ccc(-c3ccccc3-c3nn[nH]n3)cc2)CN1. The molecule has 2 N–H and O–H groups in total. The molecule has 1 aromatic heterocycles. The number of tetrazole rings is 1. The van der Waals surface area contributed by atoms with Gasteiger partial charge in [0.1, 0.15) is 19.9 Å². The molecule has 0 bridgehead atoms. The number of nitrogens with zero attached hydrogens (tertiary/aromatic N) is 5. The summed E-state index contributed by atoms with van der Waals surface area (Å²) in [6.07, 6.45) is 0. The number of nitrogens with one attached hydrogen (secondary N) is 2. The Bertz CT molecular complexity index is 911. The van der Waals surface area contributed by atoms with Crippen LogP contribution in [0.2, 0.25) is 0 Å². The summed E-state index contributed by atoms with van der Waals surface area (Å²) in [6.45, 7) is 6.54. The Hall–Kier alpha value is -2.65. The predicted molar refractivity (Wildman–Crippen MR) is 107 cm³/mol. The molecule has 0 saturated carbocycles. The van der Waals surface area contributed by atoms with Crippen LogP contribution in [0.15, 0.2) is 48.5 Å². The van der Waals surface area contributed by atoms with Gasteiger partial charge in [0.15, 0.2) is 0 Å². The summed E-state index contributed by atoms with van der Waals surface area (Å²) in [6, 6.07) is 16.1. The molecule has 146 valence electrons. The fraction of sp³-hybridized carbons (Fsp3) is 0.350. The van der Waals surface area contributed by atoms with Gasteiger partial charge in [-0.2, -0.15) is 10.2 Å². The second kappa shape index (κ2) is 7.76. The first-order valence-corrected chi connectivity index (χ1v) is 9.50. The van der Waals surface area contributed by atoms with Crippen molar-refractivity contribution in [2.24, 2.45) is 5.92 Å². The molecule has 1 atom stereocenters. The lowest BCUT2D eigenvalue weighted by Gasteiger charge is -2.37. The van der Waals surface area contributed by atoms with E-state index >= 15 is 0 Å². The quantitative estimate of drug-likeness (QED) is 0.505. The maximum atomic E-state index is 13.0. The van der Waals surface area contributed by atoms with Gasteiger partial charge in [-0.25, -0.2) is 5.43 Å². The summed E-state index contributed by atoms with van der Waals surface area (Å²) in [7, 11) is 0. The molecule has 8 nitrogen and oxygen atoms in total. The number of aromatic nitrogens is 4. The highest BCUT2D eigenvalue weighted by Gasteiger charge is 2.29. The largest absolute Gasteiger partial charge is 0.631 e. The second-order valence-electron chi connectivity index (χ2n) is 7.77. The summed E-state index contributed by atoms with van der Waals surface area (Å²) >= 11 is 0. The maximum absolute atomic E-state index is 13.0. The van der Waals surface area contributed by atoms with Gasteiger partial charge in [-0.15, -0.1) is 10.2 Å². The highest BCUT2D eigenvalue weighted by Crippen LogP contribution is 2.30. The van der Waals surface area contributed by atoms with Crippen LogP contribution in [0.5, 0.6) is 0 Å². The third-order valence-electron chi connectivity index (χ3n) is 4.85. The molecule has 28 heavy (non-hydrogen) atoms. The van der Waals surface area contributed by atoms with E-state index < -0.39 is 0 Å². The lowest BCUT2D eigenvalue weighted by Crippen LogP contribution is -2.40. The highest BCUT2D eigenvalue weighted by atomic mass is 16.6. The molecule has 0 spiro atoms. The van der Waals surface area contributed by atoms with Crippen molar-refractivity contribution >= 4 is 0 Å². The van der Waals surface area contributed by atoms with E-state index in [9.17, 15) is 5.21 Å². The van der Waals surface area contributed by atoms with Gasteiger partial charge in [0.2, 0.25) is 5.82 Å². The molecule has 3 aromatic rings. The minimum Gasteiger partial charge on any atom is -0.631 e. The van der Waals surface area contributed by atoms with Gasteiger partial charge in [0.05, 0.1) is 0 Å². The molecule has 1 unspecified atom stereocenters. The normalized spacial score (nSPS) is 20.1. The fourth-order valence-corrected chi connectivity index (χ4v) is 3.64.